The van der Waals surface area contributed by atoms with E-state index in [0.717, 1.165) is 19.3 Å². The van der Waals surface area contributed by atoms with Crippen molar-refractivity contribution in [1.29, 1.82) is 0 Å². The maximum Gasteiger partial charge on any atom is 0.410 e. The normalized spacial score (nSPS) is 18.0. The summed E-state index contributed by atoms with van der Waals surface area (Å²) in [4.78, 5) is 33.9. The summed E-state index contributed by atoms with van der Waals surface area (Å²) in [5.74, 6) is -0.194. The van der Waals surface area contributed by atoms with E-state index in [0.29, 0.717) is 25.3 Å². The number of carbonyl (C=O) groups is 2. The van der Waals surface area contributed by atoms with Crippen LogP contribution in [0, 0.1) is 0 Å². The van der Waals surface area contributed by atoms with Crippen molar-refractivity contribution in [2.24, 2.45) is 0 Å². The number of amides is 1. The number of ketones is 1. The monoisotopic (exact) mass is 349 g/mol. The van der Waals surface area contributed by atoms with Crippen LogP contribution in [0.2, 0.25) is 0 Å². The van der Waals surface area contributed by atoms with Gasteiger partial charge in [-0.2, -0.15) is 0 Å². The molecule has 1 amide bonds. The molecule has 1 aromatic heterocycles. The number of likely N-dealkylation sites (tertiary alicyclic amines) is 1. The number of hydrogen-bond donors (Lipinski definition) is 0. The first-order valence-electron chi connectivity index (χ1n) is 8.73. The highest BCUT2D eigenvalue weighted by molar-refractivity contribution is 5.94. The third-order valence-electron chi connectivity index (χ3n) is 3.93. The van der Waals surface area contributed by atoms with E-state index < -0.39 is 5.60 Å². The van der Waals surface area contributed by atoms with Gasteiger partial charge in [-0.3, -0.25) is 9.78 Å². The van der Waals surface area contributed by atoms with Crippen molar-refractivity contribution in [1.82, 2.24) is 14.9 Å². The molecule has 1 saturated heterocycles. The SMILES string of the molecule is CC(C)(C)OC(=O)N1CCCC[C@@H]1CCOCC(=O)c1cnccn1. The number of Topliss-reactive ketones (excluding diaryl/α,β-unsaturated/α-hetero) is 1. The van der Waals surface area contributed by atoms with Crippen LogP contribution in [-0.2, 0) is 9.47 Å². The third-order valence-corrected chi connectivity index (χ3v) is 3.93. The van der Waals surface area contributed by atoms with Crippen molar-refractivity contribution >= 4 is 11.9 Å². The van der Waals surface area contributed by atoms with Gasteiger partial charge in [-0.15, -0.1) is 0 Å². The molecule has 0 N–H and O–H groups in total. The molecule has 0 unspecified atom stereocenters. The van der Waals surface area contributed by atoms with Crippen LogP contribution >= 0.6 is 0 Å². The highest BCUT2D eigenvalue weighted by Gasteiger charge is 2.30. The molecule has 0 radical (unpaired) electrons. The van der Waals surface area contributed by atoms with Gasteiger partial charge in [0.15, 0.2) is 0 Å². The molecule has 0 aromatic carbocycles. The molecule has 138 valence electrons. The van der Waals surface area contributed by atoms with E-state index in [9.17, 15) is 9.59 Å². The first kappa shape index (κ1) is 19.3. The molecule has 1 aromatic rings. The number of nitrogens with zero attached hydrogens (tertiary/aromatic N) is 3. The quantitative estimate of drug-likeness (QED) is 0.580. The lowest BCUT2D eigenvalue weighted by Crippen LogP contribution is -2.46. The second-order valence-electron chi connectivity index (χ2n) is 7.18. The second kappa shape index (κ2) is 8.89. The lowest BCUT2D eigenvalue weighted by Gasteiger charge is -2.36. The van der Waals surface area contributed by atoms with E-state index in [1.807, 2.05) is 20.8 Å². The molecule has 0 aliphatic carbocycles. The summed E-state index contributed by atoms with van der Waals surface area (Å²) in [5, 5.41) is 0. The fraction of sp³-hybridized carbons (Fsp3) is 0.667. The van der Waals surface area contributed by atoms with Crippen LogP contribution < -0.4 is 0 Å². The zero-order valence-corrected chi connectivity index (χ0v) is 15.2. The van der Waals surface area contributed by atoms with E-state index in [1.54, 1.807) is 4.90 Å². The van der Waals surface area contributed by atoms with Crippen LogP contribution in [0.15, 0.2) is 18.6 Å². The molecule has 1 atom stereocenters. The topological polar surface area (TPSA) is 81.6 Å². The van der Waals surface area contributed by atoms with Crippen LogP contribution in [0.25, 0.3) is 0 Å². The van der Waals surface area contributed by atoms with Gasteiger partial charge in [0.2, 0.25) is 5.78 Å². The lowest BCUT2D eigenvalue weighted by molar-refractivity contribution is 0.00456. The molecular formula is C18H27N3O4. The third kappa shape index (κ3) is 6.42. The molecule has 2 rings (SSSR count). The highest BCUT2D eigenvalue weighted by atomic mass is 16.6. The number of carbonyl (C=O) groups excluding carboxylic acids is 2. The van der Waals surface area contributed by atoms with Gasteiger partial charge < -0.3 is 14.4 Å². The van der Waals surface area contributed by atoms with Gasteiger partial charge in [-0.05, 0) is 46.5 Å². The van der Waals surface area contributed by atoms with Gasteiger partial charge >= 0.3 is 6.09 Å². The number of piperidine rings is 1. The standard InChI is InChI=1S/C18H27N3O4/c1-18(2,3)25-17(23)21-10-5-4-6-14(21)7-11-24-13-16(22)15-12-19-8-9-20-15/h8-9,12,14H,4-7,10-11,13H2,1-3H3/t14-/m1/s1. The molecule has 25 heavy (non-hydrogen) atoms. The van der Waals surface area contributed by atoms with Gasteiger partial charge in [-0.1, -0.05) is 0 Å². The van der Waals surface area contributed by atoms with Crippen molar-refractivity contribution in [2.75, 3.05) is 19.8 Å². The van der Waals surface area contributed by atoms with E-state index in [-0.39, 0.29) is 24.5 Å². The maximum absolute atomic E-state index is 12.3. The van der Waals surface area contributed by atoms with Crippen molar-refractivity contribution in [3.63, 3.8) is 0 Å². The zero-order valence-electron chi connectivity index (χ0n) is 15.2. The van der Waals surface area contributed by atoms with E-state index in [4.69, 9.17) is 9.47 Å². The Hall–Kier alpha value is -2.02. The summed E-state index contributed by atoms with van der Waals surface area (Å²) in [7, 11) is 0. The maximum atomic E-state index is 12.3. The van der Waals surface area contributed by atoms with E-state index in [1.165, 1.54) is 18.6 Å². The van der Waals surface area contributed by atoms with Crippen molar-refractivity contribution < 1.29 is 19.1 Å². The number of aromatic nitrogens is 2. The summed E-state index contributed by atoms with van der Waals surface area (Å²) >= 11 is 0. The molecule has 7 heteroatoms. The molecule has 1 aliphatic heterocycles. The number of hydrogen-bond acceptors (Lipinski definition) is 6. The first-order chi connectivity index (χ1) is 11.9. The molecule has 1 aliphatic rings. The van der Waals surface area contributed by atoms with Crippen LogP contribution in [0.5, 0.6) is 0 Å². The minimum absolute atomic E-state index is 0.0299. The first-order valence-corrected chi connectivity index (χ1v) is 8.73. The van der Waals surface area contributed by atoms with Crippen molar-refractivity contribution in [3.05, 3.63) is 24.3 Å². The Kier molecular flexibility index (Phi) is 6.87. The van der Waals surface area contributed by atoms with E-state index >= 15 is 0 Å². The minimum atomic E-state index is -0.501. The Labute approximate surface area is 148 Å². The number of rotatable bonds is 6. The average Bonchev–Trinajstić information content (AvgIpc) is 2.58. The Balaban J connectivity index is 1.77. The van der Waals surface area contributed by atoms with Crippen LogP contribution in [0.3, 0.4) is 0 Å². The lowest BCUT2D eigenvalue weighted by atomic mass is 10.0. The highest BCUT2D eigenvalue weighted by Crippen LogP contribution is 2.22. The molecule has 0 spiro atoms. The van der Waals surface area contributed by atoms with Crippen LogP contribution in [-0.4, -0.2) is 58.1 Å². The van der Waals surface area contributed by atoms with Crippen molar-refractivity contribution in [3.8, 4) is 0 Å². The second-order valence-corrected chi connectivity index (χ2v) is 7.18. The summed E-state index contributed by atoms with van der Waals surface area (Å²) in [6.45, 7) is 6.69. The molecule has 0 bridgehead atoms. The van der Waals surface area contributed by atoms with Crippen LogP contribution in [0.1, 0.15) is 56.9 Å². The molecule has 1 fully saturated rings. The van der Waals surface area contributed by atoms with Crippen LogP contribution in [0.4, 0.5) is 4.79 Å². The minimum Gasteiger partial charge on any atom is -0.444 e. The average molecular weight is 349 g/mol. The summed E-state index contributed by atoms with van der Waals surface area (Å²) < 4.78 is 11.0. The largest absolute Gasteiger partial charge is 0.444 e. The fourth-order valence-electron chi connectivity index (χ4n) is 2.76. The summed E-state index contributed by atoms with van der Waals surface area (Å²) in [6.07, 6.45) is 7.85. The Morgan fingerprint density at radius 2 is 2.08 bits per heavy atom. The summed E-state index contributed by atoms with van der Waals surface area (Å²) in [6, 6.07) is 0.0928. The smallest absolute Gasteiger partial charge is 0.410 e. The van der Waals surface area contributed by atoms with Gasteiger partial charge in [-0.25, -0.2) is 9.78 Å². The molecule has 7 nitrogen and oxygen atoms in total. The number of ether oxygens (including phenoxy) is 2. The van der Waals surface area contributed by atoms with Crippen molar-refractivity contribution in [2.45, 2.75) is 58.1 Å². The van der Waals surface area contributed by atoms with Gasteiger partial charge in [0.25, 0.3) is 0 Å². The van der Waals surface area contributed by atoms with Gasteiger partial charge in [0.05, 0.1) is 6.20 Å². The predicted octanol–water partition coefficient (Wildman–Crippen LogP) is 2.86. The summed E-state index contributed by atoms with van der Waals surface area (Å²) in [5.41, 5.74) is -0.200. The predicted molar refractivity (Wildman–Crippen MR) is 92.4 cm³/mol. The Bertz CT molecular complexity index is 571. The van der Waals surface area contributed by atoms with E-state index in [2.05, 4.69) is 9.97 Å². The molecule has 0 saturated carbocycles. The molecule has 2 heterocycles. The fourth-order valence-corrected chi connectivity index (χ4v) is 2.76. The van der Waals surface area contributed by atoms with Gasteiger partial charge in [0.1, 0.15) is 17.9 Å². The Morgan fingerprint density at radius 3 is 2.76 bits per heavy atom. The Morgan fingerprint density at radius 1 is 1.28 bits per heavy atom. The molecular weight excluding hydrogens is 322 g/mol. The zero-order chi connectivity index (χ0) is 18.3. The van der Waals surface area contributed by atoms with Gasteiger partial charge in [0, 0.05) is 31.6 Å².